The Morgan fingerprint density at radius 1 is 1.23 bits per heavy atom. The van der Waals surface area contributed by atoms with Gasteiger partial charge in [-0.25, -0.2) is 9.18 Å². The molecule has 5 aliphatic rings. The van der Waals surface area contributed by atoms with Gasteiger partial charge in [0.1, 0.15) is 5.82 Å². The van der Waals surface area contributed by atoms with Crippen LogP contribution in [0.3, 0.4) is 0 Å². The number of nitrogens with zero attached hydrogens (tertiary/aromatic N) is 1. The van der Waals surface area contributed by atoms with Crippen molar-refractivity contribution < 1.29 is 27.5 Å². The molecule has 35 heavy (non-hydrogen) atoms. The lowest BCUT2D eigenvalue weighted by Gasteiger charge is -2.82. The first-order valence-corrected chi connectivity index (χ1v) is 11.8. The number of fused-ring (bicyclic) bond motifs is 7. The molecule has 180 valence electrons. The highest BCUT2D eigenvalue weighted by Gasteiger charge is 2.88. The molecular formula is C27H22F4N2O2. The maximum absolute atomic E-state index is 15.9. The highest BCUT2D eigenvalue weighted by molar-refractivity contribution is 5.86. The first kappa shape index (κ1) is 21.2. The fraction of sp³-hybridized carbons (Fsp3) is 0.370. The Hall–Kier alpha value is -3.13. The second-order valence-corrected chi connectivity index (χ2v) is 10.6. The number of H-pyrrole nitrogens is 1. The van der Waals surface area contributed by atoms with Gasteiger partial charge >= 0.3 is 12.1 Å². The Morgan fingerprint density at radius 2 is 1.97 bits per heavy atom. The van der Waals surface area contributed by atoms with Crippen molar-refractivity contribution >= 4 is 22.9 Å². The molecule has 0 saturated heterocycles. The summed E-state index contributed by atoms with van der Waals surface area (Å²) in [5.74, 6) is -2.66. The molecule has 3 saturated carbocycles. The van der Waals surface area contributed by atoms with Crippen LogP contribution >= 0.6 is 0 Å². The predicted molar refractivity (Wildman–Crippen MR) is 121 cm³/mol. The number of rotatable bonds is 2. The highest BCUT2D eigenvalue weighted by atomic mass is 19.4. The number of aliphatic carboxylic acids is 1. The summed E-state index contributed by atoms with van der Waals surface area (Å²) in [7, 11) is 0. The second kappa shape index (κ2) is 6.35. The van der Waals surface area contributed by atoms with E-state index in [0.717, 1.165) is 28.2 Å². The van der Waals surface area contributed by atoms with Crippen LogP contribution in [-0.2, 0) is 11.2 Å². The monoisotopic (exact) mass is 482 g/mol. The zero-order chi connectivity index (χ0) is 24.5. The van der Waals surface area contributed by atoms with Gasteiger partial charge in [0.25, 0.3) is 0 Å². The fourth-order valence-electron chi connectivity index (χ4n) is 7.88. The number of halogens is 4. The van der Waals surface area contributed by atoms with E-state index in [1.807, 2.05) is 31.2 Å². The lowest BCUT2D eigenvalue weighted by atomic mass is 9.29. The average molecular weight is 482 g/mol. The summed E-state index contributed by atoms with van der Waals surface area (Å²) < 4.78 is 58.9. The van der Waals surface area contributed by atoms with E-state index >= 15 is 4.39 Å². The van der Waals surface area contributed by atoms with Gasteiger partial charge in [0.2, 0.25) is 0 Å². The fourth-order valence-corrected chi connectivity index (χ4v) is 7.88. The first-order chi connectivity index (χ1) is 16.6. The number of aromatic nitrogens is 1. The summed E-state index contributed by atoms with van der Waals surface area (Å²) in [4.78, 5) is 16.6. The van der Waals surface area contributed by atoms with E-state index in [2.05, 4.69) is 9.88 Å². The molecular weight excluding hydrogens is 460 g/mol. The molecule has 8 heteroatoms. The summed E-state index contributed by atoms with van der Waals surface area (Å²) >= 11 is 0. The average Bonchev–Trinajstić information content (AvgIpc) is 3.08. The van der Waals surface area contributed by atoms with E-state index < -0.39 is 40.9 Å². The Labute approximate surface area is 198 Å². The second-order valence-electron chi connectivity index (χ2n) is 10.6. The van der Waals surface area contributed by atoms with Crippen LogP contribution in [-0.4, -0.2) is 38.7 Å². The number of hydrogen-bond acceptors (Lipinski definition) is 2. The van der Waals surface area contributed by atoms with Crippen LogP contribution in [0.2, 0.25) is 0 Å². The van der Waals surface area contributed by atoms with Gasteiger partial charge in [-0.3, -0.25) is 4.90 Å². The third-order valence-corrected chi connectivity index (χ3v) is 8.97. The van der Waals surface area contributed by atoms with Crippen LogP contribution < -0.4 is 0 Å². The standard InChI is InChI=1S/C27H22F4N2O2/c1-13-8-16-15-4-2-3-5-19(15)32-22(16)23-21-17(9-14(10-18(21)28)6-7-20(34)35)24-25(27(29,30)31)11-26(24,12-25)33(13)23/h2-7,9-10,13,23-24,32H,8,11-12H2,1H3,(H,34,35)/b7-6+. The summed E-state index contributed by atoms with van der Waals surface area (Å²) in [6.45, 7) is 2.03. The van der Waals surface area contributed by atoms with Crippen molar-refractivity contribution in [2.75, 3.05) is 0 Å². The van der Waals surface area contributed by atoms with E-state index in [9.17, 15) is 18.0 Å². The number of aromatic amines is 1. The number of alkyl halides is 3. The maximum atomic E-state index is 15.9. The lowest BCUT2D eigenvalue weighted by molar-refractivity contribution is -0.389. The van der Waals surface area contributed by atoms with Crippen LogP contribution in [0.1, 0.15) is 59.7 Å². The number of para-hydroxylation sites is 1. The third kappa shape index (κ3) is 2.38. The molecule has 3 atom stereocenters. The van der Waals surface area contributed by atoms with Crippen molar-refractivity contribution in [1.29, 1.82) is 0 Å². The largest absolute Gasteiger partial charge is 0.478 e. The molecule has 2 aromatic carbocycles. The summed E-state index contributed by atoms with van der Waals surface area (Å²) in [5, 5.41) is 10.1. The van der Waals surface area contributed by atoms with Gasteiger partial charge < -0.3 is 10.1 Å². The van der Waals surface area contributed by atoms with Gasteiger partial charge in [-0.15, -0.1) is 0 Å². The first-order valence-electron chi connectivity index (χ1n) is 11.8. The van der Waals surface area contributed by atoms with Crippen molar-refractivity contribution in [3.63, 3.8) is 0 Å². The Kier molecular flexibility index (Phi) is 3.84. The van der Waals surface area contributed by atoms with Crippen molar-refractivity contribution in [2.24, 2.45) is 5.41 Å². The maximum Gasteiger partial charge on any atom is 0.395 e. The van der Waals surface area contributed by atoms with Crippen LogP contribution in [0.15, 0.2) is 42.5 Å². The van der Waals surface area contributed by atoms with Crippen LogP contribution in [0.5, 0.6) is 0 Å². The summed E-state index contributed by atoms with van der Waals surface area (Å²) in [6, 6.07) is 10.1. The van der Waals surface area contributed by atoms with Crippen molar-refractivity contribution in [3.05, 3.63) is 76.2 Å². The molecule has 2 N–H and O–H groups in total. The number of nitrogens with one attached hydrogen (secondary N) is 1. The molecule has 3 unspecified atom stereocenters. The Balaban J connectivity index is 1.50. The van der Waals surface area contributed by atoms with E-state index in [1.165, 1.54) is 12.1 Å². The zero-order valence-corrected chi connectivity index (χ0v) is 18.8. The smallest absolute Gasteiger partial charge is 0.395 e. The van der Waals surface area contributed by atoms with Gasteiger partial charge in [0.15, 0.2) is 0 Å². The van der Waals surface area contributed by atoms with E-state index in [-0.39, 0.29) is 30.0 Å². The molecule has 2 bridgehead atoms. The van der Waals surface area contributed by atoms with Gasteiger partial charge in [-0.05, 0) is 61.1 Å². The predicted octanol–water partition coefficient (Wildman–Crippen LogP) is 5.93. The molecule has 3 heterocycles. The number of carboxylic acid groups (broad SMARTS) is 1. The molecule has 2 aliphatic heterocycles. The quantitative estimate of drug-likeness (QED) is 0.352. The SMILES string of the molecule is CC1Cc2c([nH]c3ccccc23)C2c3c(F)cc(/C=C/C(=O)O)cc3C3C4(CC3(C(F)(F)F)C4)N12. The lowest BCUT2D eigenvalue weighted by Crippen LogP contribution is -2.86. The Morgan fingerprint density at radius 3 is 2.69 bits per heavy atom. The number of carbonyl (C=O) groups is 1. The van der Waals surface area contributed by atoms with Crippen LogP contribution in [0.4, 0.5) is 17.6 Å². The van der Waals surface area contributed by atoms with Gasteiger partial charge in [0.05, 0.1) is 11.5 Å². The molecule has 3 aromatic rings. The van der Waals surface area contributed by atoms with Gasteiger partial charge in [-0.2, -0.15) is 13.2 Å². The van der Waals surface area contributed by atoms with Gasteiger partial charge in [-0.1, -0.05) is 24.3 Å². The molecule has 8 rings (SSSR count). The van der Waals surface area contributed by atoms with Crippen LogP contribution in [0.25, 0.3) is 17.0 Å². The number of benzene rings is 2. The molecule has 0 radical (unpaired) electrons. The molecule has 3 aliphatic carbocycles. The zero-order valence-electron chi connectivity index (χ0n) is 18.8. The number of carboxylic acids is 1. The Bertz CT molecular complexity index is 1460. The summed E-state index contributed by atoms with van der Waals surface area (Å²) in [5.41, 5.74) is 1.25. The third-order valence-electron chi connectivity index (χ3n) is 8.97. The van der Waals surface area contributed by atoms with E-state index in [0.29, 0.717) is 12.0 Å². The molecule has 0 amide bonds. The molecule has 3 fully saturated rings. The van der Waals surface area contributed by atoms with E-state index in [1.54, 1.807) is 6.07 Å². The molecule has 1 aromatic heterocycles. The van der Waals surface area contributed by atoms with Gasteiger partial charge in [0, 0.05) is 45.7 Å². The number of hydrogen-bond donors (Lipinski definition) is 2. The minimum absolute atomic E-state index is 0.0147. The van der Waals surface area contributed by atoms with Crippen molar-refractivity contribution in [1.82, 2.24) is 9.88 Å². The van der Waals surface area contributed by atoms with Crippen molar-refractivity contribution in [2.45, 2.75) is 55.9 Å². The normalized spacial score (nSPS) is 32.9. The van der Waals surface area contributed by atoms with E-state index in [4.69, 9.17) is 5.11 Å². The molecule has 1 spiro atoms. The minimum atomic E-state index is -4.39. The van der Waals surface area contributed by atoms with Crippen LogP contribution in [0, 0.1) is 11.2 Å². The molecule has 4 nitrogen and oxygen atoms in total. The highest BCUT2D eigenvalue weighted by Crippen LogP contribution is 2.85. The minimum Gasteiger partial charge on any atom is -0.478 e. The summed E-state index contributed by atoms with van der Waals surface area (Å²) in [6.07, 6.45) is -1.56. The topological polar surface area (TPSA) is 56.3 Å². The van der Waals surface area contributed by atoms with Crippen molar-refractivity contribution in [3.8, 4) is 0 Å².